The first-order chi connectivity index (χ1) is 9.79. The Hall–Kier alpha value is -1.73. The maximum absolute atomic E-state index is 11.9. The zero-order valence-corrected chi connectivity index (χ0v) is 13.1. The molecule has 0 radical (unpaired) electrons. The van der Waals surface area contributed by atoms with Gasteiger partial charge in [-0.15, -0.1) is 0 Å². The lowest BCUT2D eigenvalue weighted by atomic mass is 9.97. The number of aliphatic hydroxyl groups excluding tert-OH is 1. The van der Waals surface area contributed by atoms with E-state index in [1.807, 2.05) is 0 Å². The minimum absolute atomic E-state index is 0.0917. The average molecular weight is 359 g/mol. The van der Waals surface area contributed by atoms with Crippen LogP contribution in [0.15, 0.2) is 18.2 Å². The minimum Gasteiger partial charge on any atom is -0.479 e. The van der Waals surface area contributed by atoms with Gasteiger partial charge in [-0.25, -0.2) is 9.59 Å². The minimum atomic E-state index is -1.87. The van der Waals surface area contributed by atoms with E-state index in [2.05, 4.69) is 15.9 Å². The zero-order chi connectivity index (χ0) is 16.2. The van der Waals surface area contributed by atoms with Crippen molar-refractivity contribution in [1.29, 1.82) is 0 Å². The molecule has 0 spiro atoms. The van der Waals surface area contributed by atoms with Gasteiger partial charge in [-0.2, -0.15) is 0 Å². The fourth-order valence-corrected chi connectivity index (χ4v) is 1.96. The Bertz CT molecular complexity index is 567. The highest BCUT2D eigenvalue weighted by Gasteiger charge is 2.25. The predicted molar refractivity (Wildman–Crippen MR) is 77.7 cm³/mol. The summed E-state index contributed by atoms with van der Waals surface area (Å²) in [6.07, 6.45) is -1.87. The molecule has 0 amide bonds. The van der Waals surface area contributed by atoms with Gasteiger partial charge in [0.05, 0.1) is 17.0 Å². The van der Waals surface area contributed by atoms with Crippen molar-refractivity contribution in [2.24, 2.45) is 0 Å². The fraction of sp³-hybridized carbons (Fsp3) is 0.357. The molecule has 2 unspecified atom stereocenters. The topological polar surface area (TPSA) is 101 Å². The Morgan fingerprint density at radius 1 is 1.33 bits per heavy atom. The molecule has 0 aliphatic carbocycles. The number of hydrogen-bond acceptors (Lipinski definition) is 5. The molecule has 1 rings (SSSR count). The molecule has 1 aromatic carbocycles. The number of alkyl halides is 1. The maximum Gasteiger partial charge on any atom is 0.338 e. The molecule has 0 bridgehead atoms. The summed E-state index contributed by atoms with van der Waals surface area (Å²) in [6, 6.07) is 3.84. The third-order valence-corrected chi connectivity index (χ3v) is 3.14. The number of Topliss-reactive ketones (excluding diaryl/α,β-unsaturated/α-hetero) is 1. The SMILES string of the molecule is CCOC(=O)c1cc(C(=O)C(C)Br)ccc1C(O)C(=O)O. The van der Waals surface area contributed by atoms with E-state index in [1.54, 1.807) is 13.8 Å². The van der Waals surface area contributed by atoms with Crippen molar-refractivity contribution < 1.29 is 29.3 Å². The van der Waals surface area contributed by atoms with Crippen molar-refractivity contribution in [3.05, 3.63) is 34.9 Å². The Morgan fingerprint density at radius 3 is 2.43 bits per heavy atom. The van der Waals surface area contributed by atoms with Crippen molar-refractivity contribution in [2.45, 2.75) is 24.8 Å². The van der Waals surface area contributed by atoms with Gasteiger partial charge in [0.15, 0.2) is 11.9 Å². The summed E-state index contributed by atoms with van der Waals surface area (Å²) in [5.41, 5.74) is -0.0192. The molecule has 0 aliphatic rings. The molecule has 0 aliphatic heterocycles. The number of carbonyl (C=O) groups is 3. The van der Waals surface area contributed by atoms with Gasteiger partial charge in [0.25, 0.3) is 0 Å². The van der Waals surface area contributed by atoms with Gasteiger partial charge in [-0.05, 0) is 19.9 Å². The molecule has 2 N–H and O–H groups in total. The summed E-state index contributed by atoms with van der Waals surface area (Å²) in [4.78, 5) is 34.2. The number of ketones is 1. The van der Waals surface area contributed by atoms with Crippen LogP contribution in [-0.2, 0) is 9.53 Å². The number of rotatable bonds is 6. The van der Waals surface area contributed by atoms with Crippen LogP contribution in [0.4, 0.5) is 0 Å². The van der Waals surface area contributed by atoms with E-state index in [0.29, 0.717) is 0 Å². The highest BCUT2D eigenvalue weighted by molar-refractivity contribution is 9.10. The Balaban J connectivity index is 3.36. The predicted octanol–water partition coefficient (Wildman–Crippen LogP) is 1.95. The van der Waals surface area contributed by atoms with Crippen LogP contribution in [0, 0.1) is 0 Å². The molecule has 0 fully saturated rings. The van der Waals surface area contributed by atoms with Crippen molar-refractivity contribution in [3.63, 3.8) is 0 Å². The van der Waals surface area contributed by atoms with Gasteiger partial charge in [-0.1, -0.05) is 28.1 Å². The number of ether oxygens (including phenoxy) is 1. The fourth-order valence-electron chi connectivity index (χ4n) is 1.70. The first kappa shape index (κ1) is 17.3. The molecule has 21 heavy (non-hydrogen) atoms. The Kier molecular flexibility index (Phi) is 6.04. The molecule has 0 heterocycles. The summed E-state index contributed by atoms with van der Waals surface area (Å²) < 4.78 is 4.83. The molecule has 0 saturated heterocycles. The summed E-state index contributed by atoms with van der Waals surface area (Å²) >= 11 is 3.13. The summed E-state index contributed by atoms with van der Waals surface area (Å²) in [5, 5.41) is 18.5. The second-order valence-corrected chi connectivity index (χ2v) is 5.62. The van der Waals surface area contributed by atoms with Gasteiger partial charge in [0, 0.05) is 11.1 Å². The highest BCUT2D eigenvalue weighted by Crippen LogP contribution is 2.22. The van der Waals surface area contributed by atoms with Crippen LogP contribution in [0.2, 0.25) is 0 Å². The van der Waals surface area contributed by atoms with Gasteiger partial charge in [-0.3, -0.25) is 4.79 Å². The largest absolute Gasteiger partial charge is 0.479 e. The van der Waals surface area contributed by atoms with E-state index < -0.39 is 22.9 Å². The maximum atomic E-state index is 11.9. The number of carboxylic acids is 1. The first-order valence-electron chi connectivity index (χ1n) is 6.19. The van der Waals surface area contributed by atoms with Crippen molar-refractivity contribution in [2.75, 3.05) is 6.61 Å². The Morgan fingerprint density at radius 2 is 1.95 bits per heavy atom. The number of aliphatic hydroxyl groups is 1. The van der Waals surface area contributed by atoms with Crippen LogP contribution in [0.25, 0.3) is 0 Å². The normalized spacial score (nSPS) is 13.3. The van der Waals surface area contributed by atoms with Crippen LogP contribution in [0.1, 0.15) is 46.2 Å². The second-order valence-electron chi connectivity index (χ2n) is 4.24. The number of carboxylic acid groups (broad SMARTS) is 1. The standard InChI is InChI=1S/C14H15BrO6/c1-3-21-14(20)10-6-8(11(16)7(2)15)4-5-9(10)12(17)13(18)19/h4-7,12,17H,3H2,1-2H3,(H,18,19). The zero-order valence-electron chi connectivity index (χ0n) is 11.5. The third kappa shape index (κ3) is 4.12. The summed E-state index contributed by atoms with van der Waals surface area (Å²) in [6.45, 7) is 3.32. The van der Waals surface area contributed by atoms with Gasteiger partial charge < -0.3 is 14.9 Å². The van der Waals surface area contributed by atoms with Gasteiger partial charge >= 0.3 is 11.9 Å². The van der Waals surface area contributed by atoms with Crippen LogP contribution in [0.5, 0.6) is 0 Å². The number of halogens is 1. The Labute approximate surface area is 129 Å². The number of carbonyl (C=O) groups excluding carboxylic acids is 2. The lowest BCUT2D eigenvalue weighted by Gasteiger charge is -2.13. The van der Waals surface area contributed by atoms with Gasteiger partial charge in [0.1, 0.15) is 0 Å². The molecule has 6 nitrogen and oxygen atoms in total. The number of esters is 1. The first-order valence-corrected chi connectivity index (χ1v) is 7.11. The molecular formula is C14H15BrO6. The highest BCUT2D eigenvalue weighted by atomic mass is 79.9. The molecule has 2 atom stereocenters. The van der Waals surface area contributed by atoms with Crippen molar-refractivity contribution in [1.82, 2.24) is 0 Å². The lowest BCUT2D eigenvalue weighted by molar-refractivity contribution is -0.146. The molecule has 7 heteroatoms. The van der Waals surface area contributed by atoms with E-state index in [9.17, 15) is 19.5 Å². The third-order valence-electron chi connectivity index (χ3n) is 2.72. The second kappa shape index (κ2) is 7.33. The monoisotopic (exact) mass is 358 g/mol. The van der Waals surface area contributed by atoms with E-state index in [0.717, 1.165) is 0 Å². The van der Waals surface area contributed by atoms with Crippen molar-refractivity contribution in [3.8, 4) is 0 Å². The average Bonchev–Trinajstić information content (AvgIpc) is 2.45. The summed E-state index contributed by atoms with van der Waals surface area (Å²) in [7, 11) is 0. The van der Waals surface area contributed by atoms with Crippen LogP contribution in [0.3, 0.4) is 0 Å². The van der Waals surface area contributed by atoms with Gasteiger partial charge in [0.2, 0.25) is 0 Å². The smallest absolute Gasteiger partial charge is 0.338 e. The van der Waals surface area contributed by atoms with Crippen LogP contribution >= 0.6 is 15.9 Å². The van der Waals surface area contributed by atoms with E-state index >= 15 is 0 Å². The number of hydrogen-bond donors (Lipinski definition) is 2. The van der Waals surface area contributed by atoms with E-state index in [1.165, 1.54) is 18.2 Å². The van der Waals surface area contributed by atoms with Crippen LogP contribution in [-0.4, -0.2) is 39.4 Å². The number of aliphatic carboxylic acids is 1. The summed E-state index contributed by atoms with van der Waals surface area (Å²) in [5.74, 6) is -2.55. The van der Waals surface area contributed by atoms with Crippen molar-refractivity contribution >= 4 is 33.7 Å². The quantitative estimate of drug-likeness (QED) is 0.457. The number of benzene rings is 1. The molecule has 0 saturated carbocycles. The lowest BCUT2D eigenvalue weighted by Crippen LogP contribution is -2.18. The molecule has 114 valence electrons. The van der Waals surface area contributed by atoms with E-state index in [-0.39, 0.29) is 29.1 Å². The molecule has 1 aromatic rings. The van der Waals surface area contributed by atoms with E-state index in [4.69, 9.17) is 9.84 Å². The molecular weight excluding hydrogens is 344 g/mol. The van der Waals surface area contributed by atoms with Crippen LogP contribution < -0.4 is 0 Å². The molecule has 0 aromatic heterocycles.